The topological polar surface area (TPSA) is 58.6 Å². The second kappa shape index (κ2) is 7.90. The van der Waals surface area contributed by atoms with Crippen molar-refractivity contribution in [2.75, 3.05) is 6.61 Å². The highest BCUT2D eigenvalue weighted by atomic mass is 16.5. The predicted octanol–water partition coefficient (Wildman–Crippen LogP) is 2.27. The molecule has 1 aliphatic carbocycles. The van der Waals surface area contributed by atoms with Gasteiger partial charge in [-0.15, -0.1) is 0 Å². The molecule has 1 saturated carbocycles. The van der Waals surface area contributed by atoms with Crippen molar-refractivity contribution in [2.24, 2.45) is 0 Å². The van der Waals surface area contributed by atoms with Crippen LogP contribution in [0.4, 0.5) is 0 Å². The summed E-state index contributed by atoms with van der Waals surface area (Å²) in [7, 11) is 0. The molecule has 4 nitrogen and oxygen atoms in total. The first kappa shape index (κ1) is 14.9. The maximum atomic E-state index is 11.8. The largest absolute Gasteiger partial charge is 0.494 e. The molecule has 0 heterocycles. The zero-order valence-corrected chi connectivity index (χ0v) is 11.8. The Kier molecular flexibility index (Phi) is 5.87. The van der Waals surface area contributed by atoms with E-state index in [-0.39, 0.29) is 18.1 Å². The summed E-state index contributed by atoms with van der Waals surface area (Å²) in [5.41, 5.74) is 0. The van der Waals surface area contributed by atoms with Crippen LogP contribution in [-0.2, 0) is 4.79 Å². The first-order valence-electron chi connectivity index (χ1n) is 7.41. The van der Waals surface area contributed by atoms with Gasteiger partial charge in [0, 0.05) is 6.42 Å². The van der Waals surface area contributed by atoms with Gasteiger partial charge in [-0.1, -0.05) is 31.0 Å². The van der Waals surface area contributed by atoms with Gasteiger partial charge in [-0.2, -0.15) is 0 Å². The summed E-state index contributed by atoms with van der Waals surface area (Å²) >= 11 is 0. The molecule has 1 fully saturated rings. The number of benzene rings is 1. The van der Waals surface area contributed by atoms with E-state index in [1.165, 1.54) is 0 Å². The number of rotatable bonds is 6. The van der Waals surface area contributed by atoms with Crippen LogP contribution in [0.3, 0.4) is 0 Å². The molecule has 0 radical (unpaired) electrons. The molecule has 0 aromatic heterocycles. The predicted molar refractivity (Wildman–Crippen MR) is 77.6 cm³/mol. The molecule has 0 saturated heterocycles. The van der Waals surface area contributed by atoms with Crippen molar-refractivity contribution in [3.63, 3.8) is 0 Å². The lowest BCUT2D eigenvalue weighted by Gasteiger charge is -2.28. The average Bonchev–Trinajstić information content (AvgIpc) is 2.47. The number of ether oxygens (including phenoxy) is 1. The van der Waals surface area contributed by atoms with E-state index in [4.69, 9.17) is 4.74 Å². The molecule has 0 aliphatic heterocycles. The van der Waals surface area contributed by atoms with Gasteiger partial charge >= 0.3 is 0 Å². The molecule has 20 heavy (non-hydrogen) atoms. The van der Waals surface area contributed by atoms with E-state index in [0.29, 0.717) is 19.4 Å². The molecular formula is C16H23NO3. The fraction of sp³-hybridized carbons (Fsp3) is 0.562. The van der Waals surface area contributed by atoms with Crippen molar-refractivity contribution in [3.8, 4) is 5.75 Å². The Hall–Kier alpha value is -1.55. The van der Waals surface area contributed by atoms with Crippen LogP contribution in [0.15, 0.2) is 30.3 Å². The minimum atomic E-state index is -0.381. The summed E-state index contributed by atoms with van der Waals surface area (Å²) in [6.07, 6.45) is 4.56. The third kappa shape index (κ3) is 4.85. The molecule has 1 aliphatic rings. The van der Waals surface area contributed by atoms with Crippen molar-refractivity contribution in [3.05, 3.63) is 30.3 Å². The van der Waals surface area contributed by atoms with Crippen LogP contribution in [0.1, 0.15) is 38.5 Å². The zero-order valence-electron chi connectivity index (χ0n) is 11.8. The number of carbonyl (C=O) groups is 1. The highest BCUT2D eigenvalue weighted by molar-refractivity contribution is 5.76. The van der Waals surface area contributed by atoms with Gasteiger partial charge in [0.2, 0.25) is 5.91 Å². The quantitative estimate of drug-likeness (QED) is 0.784. The van der Waals surface area contributed by atoms with E-state index in [2.05, 4.69) is 5.32 Å². The second-order valence-corrected chi connectivity index (χ2v) is 5.29. The Morgan fingerprint density at radius 1 is 1.25 bits per heavy atom. The van der Waals surface area contributed by atoms with Crippen molar-refractivity contribution in [1.82, 2.24) is 5.32 Å². The van der Waals surface area contributed by atoms with Gasteiger partial charge in [0.1, 0.15) is 5.75 Å². The van der Waals surface area contributed by atoms with Crippen LogP contribution in [0.25, 0.3) is 0 Å². The number of carbonyl (C=O) groups excluding carboxylic acids is 1. The number of para-hydroxylation sites is 1. The molecule has 1 aromatic rings. The smallest absolute Gasteiger partial charge is 0.220 e. The van der Waals surface area contributed by atoms with Crippen LogP contribution in [0.2, 0.25) is 0 Å². The summed E-state index contributed by atoms with van der Waals surface area (Å²) in [6.45, 7) is 0.532. The van der Waals surface area contributed by atoms with Gasteiger partial charge in [0.25, 0.3) is 0 Å². The summed E-state index contributed by atoms with van der Waals surface area (Å²) in [4.78, 5) is 11.8. The van der Waals surface area contributed by atoms with Crippen LogP contribution >= 0.6 is 0 Å². The lowest BCUT2D eigenvalue weighted by molar-refractivity contribution is -0.123. The van der Waals surface area contributed by atoms with E-state index in [9.17, 15) is 9.90 Å². The number of amides is 1. The highest BCUT2D eigenvalue weighted by Gasteiger charge is 2.23. The SMILES string of the molecule is O=C(CCCOc1ccccc1)N[C@H]1CCCC[C@@H]1O. The van der Waals surface area contributed by atoms with Gasteiger partial charge in [0.15, 0.2) is 0 Å². The lowest BCUT2D eigenvalue weighted by atomic mass is 9.92. The summed E-state index contributed by atoms with van der Waals surface area (Å²) in [5, 5.41) is 12.7. The summed E-state index contributed by atoms with van der Waals surface area (Å²) in [6, 6.07) is 9.53. The molecule has 0 spiro atoms. The van der Waals surface area contributed by atoms with E-state index in [0.717, 1.165) is 31.4 Å². The van der Waals surface area contributed by atoms with Gasteiger partial charge in [0.05, 0.1) is 18.8 Å². The van der Waals surface area contributed by atoms with Crippen LogP contribution < -0.4 is 10.1 Å². The second-order valence-electron chi connectivity index (χ2n) is 5.29. The van der Waals surface area contributed by atoms with Crippen molar-refractivity contribution in [2.45, 2.75) is 50.7 Å². The minimum Gasteiger partial charge on any atom is -0.494 e. The van der Waals surface area contributed by atoms with Gasteiger partial charge < -0.3 is 15.2 Å². The first-order valence-corrected chi connectivity index (χ1v) is 7.41. The summed E-state index contributed by atoms with van der Waals surface area (Å²) < 4.78 is 5.54. The highest BCUT2D eigenvalue weighted by Crippen LogP contribution is 2.18. The van der Waals surface area contributed by atoms with Crippen LogP contribution in [-0.4, -0.2) is 29.8 Å². The average molecular weight is 277 g/mol. The third-order valence-electron chi connectivity index (χ3n) is 3.64. The number of hydrogen-bond acceptors (Lipinski definition) is 3. The number of hydrogen-bond donors (Lipinski definition) is 2. The van der Waals surface area contributed by atoms with Crippen LogP contribution in [0.5, 0.6) is 5.75 Å². The molecule has 1 amide bonds. The van der Waals surface area contributed by atoms with Crippen molar-refractivity contribution in [1.29, 1.82) is 0 Å². The van der Waals surface area contributed by atoms with E-state index < -0.39 is 0 Å². The maximum absolute atomic E-state index is 11.8. The van der Waals surface area contributed by atoms with Crippen LogP contribution in [0, 0.1) is 0 Å². The molecule has 2 N–H and O–H groups in total. The standard InChI is InChI=1S/C16H23NO3/c18-15-10-5-4-9-14(15)17-16(19)11-6-12-20-13-7-2-1-3-8-13/h1-3,7-8,14-15,18H,4-6,9-12H2,(H,17,19)/t14-,15-/m0/s1. The molecule has 4 heteroatoms. The van der Waals surface area contributed by atoms with Gasteiger partial charge in [-0.25, -0.2) is 0 Å². The fourth-order valence-corrected chi connectivity index (χ4v) is 2.50. The Labute approximate surface area is 120 Å². The third-order valence-corrected chi connectivity index (χ3v) is 3.64. The normalized spacial score (nSPS) is 22.2. The molecule has 2 rings (SSSR count). The van der Waals surface area contributed by atoms with Crippen molar-refractivity contribution < 1.29 is 14.6 Å². The number of aliphatic hydroxyl groups is 1. The maximum Gasteiger partial charge on any atom is 0.220 e. The fourth-order valence-electron chi connectivity index (χ4n) is 2.50. The van der Waals surface area contributed by atoms with Crippen molar-refractivity contribution >= 4 is 5.91 Å². The molecule has 2 atom stereocenters. The Bertz CT molecular complexity index is 407. The summed E-state index contributed by atoms with van der Waals surface area (Å²) in [5.74, 6) is 0.836. The zero-order chi connectivity index (χ0) is 14.2. The monoisotopic (exact) mass is 277 g/mol. The van der Waals surface area contributed by atoms with E-state index in [1.807, 2.05) is 30.3 Å². The molecule has 1 aromatic carbocycles. The number of aliphatic hydroxyl groups excluding tert-OH is 1. The van der Waals surface area contributed by atoms with E-state index >= 15 is 0 Å². The van der Waals surface area contributed by atoms with Gasteiger partial charge in [-0.3, -0.25) is 4.79 Å². The lowest BCUT2D eigenvalue weighted by Crippen LogP contribution is -2.45. The molecular weight excluding hydrogens is 254 g/mol. The molecule has 0 bridgehead atoms. The number of nitrogens with one attached hydrogen (secondary N) is 1. The Morgan fingerprint density at radius 2 is 2.00 bits per heavy atom. The Balaban J connectivity index is 1.60. The van der Waals surface area contributed by atoms with E-state index in [1.54, 1.807) is 0 Å². The Morgan fingerprint density at radius 3 is 2.75 bits per heavy atom. The first-order chi connectivity index (χ1) is 9.75. The molecule has 110 valence electrons. The minimum absolute atomic E-state index is 0.00705. The van der Waals surface area contributed by atoms with Gasteiger partial charge in [-0.05, 0) is 31.4 Å². The molecule has 0 unspecified atom stereocenters.